The summed E-state index contributed by atoms with van der Waals surface area (Å²) in [4.78, 5) is 14.2. The third-order valence-corrected chi connectivity index (χ3v) is 3.75. The Kier molecular flexibility index (Phi) is 6.30. The maximum Gasteiger partial charge on any atom is 0.298 e. The molecule has 0 aliphatic carbocycles. The lowest BCUT2D eigenvalue weighted by molar-refractivity contribution is -0.125. The van der Waals surface area contributed by atoms with Gasteiger partial charge in [0.1, 0.15) is 0 Å². The first-order valence-corrected chi connectivity index (χ1v) is 7.86. The Bertz CT molecular complexity index is 495. The average molecular weight is 284 g/mol. The third kappa shape index (κ3) is 5.24. The molecule has 3 heteroatoms. The Morgan fingerprint density at radius 3 is 2.86 bits per heavy atom. The molecule has 2 rings (SSSR count). The Balaban J connectivity index is 1.96. The van der Waals surface area contributed by atoms with E-state index in [4.69, 9.17) is 0 Å². The first kappa shape index (κ1) is 15.6. The van der Waals surface area contributed by atoms with Crippen LogP contribution in [0.5, 0.6) is 0 Å². The number of piperidine rings is 1. The molecular formula is C18H24N2O. The summed E-state index contributed by atoms with van der Waals surface area (Å²) in [5, 5.41) is 3.41. The molecule has 1 N–H and O–H groups in total. The lowest BCUT2D eigenvalue weighted by Crippen LogP contribution is -2.41. The summed E-state index contributed by atoms with van der Waals surface area (Å²) in [6.45, 7) is 5.83. The van der Waals surface area contributed by atoms with Crippen molar-refractivity contribution in [3.8, 4) is 11.8 Å². The number of carbonyl (C=O) groups is 1. The van der Waals surface area contributed by atoms with Crippen molar-refractivity contribution in [3.05, 3.63) is 35.9 Å². The molecule has 1 aliphatic rings. The van der Waals surface area contributed by atoms with Crippen LogP contribution in [0, 0.1) is 17.8 Å². The number of hydrogen-bond acceptors (Lipinski definition) is 2. The molecule has 0 radical (unpaired) electrons. The van der Waals surface area contributed by atoms with Crippen LogP contribution in [0.15, 0.2) is 30.3 Å². The molecule has 112 valence electrons. The van der Waals surface area contributed by atoms with Crippen LogP contribution >= 0.6 is 0 Å². The SMILES string of the molecule is CCCN(CC1CCCNC1)C(=O)C#Cc1ccccc1. The fourth-order valence-electron chi connectivity index (χ4n) is 2.66. The molecule has 0 aromatic heterocycles. The minimum Gasteiger partial charge on any atom is -0.332 e. The van der Waals surface area contributed by atoms with Crippen molar-refractivity contribution in [1.82, 2.24) is 10.2 Å². The topological polar surface area (TPSA) is 32.3 Å². The van der Waals surface area contributed by atoms with E-state index in [0.29, 0.717) is 5.92 Å². The number of hydrogen-bond donors (Lipinski definition) is 1. The van der Waals surface area contributed by atoms with Crippen LogP contribution in [0.25, 0.3) is 0 Å². The molecule has 1 aliphatic heterocycles. The molecule has 1 atom stereocenters. The molecule has 1 fully saturated rings. The second-order valence-corrected chi connectivity index (χ2v) is 5.58. The lowest BCUT2D eigenvalue weighted by Gasteiger charge is -2.28. The van der Waals surface area contributed by atoms with Crippen molar-refractivity contribution in [2.75, 3.05) is 26.2 Å². The van der Waals surface area contributed by atoms with Gasteiger partial charge in [0.2, 0.25) is 0 Å². The molecule has 1 aromatic rings. The van der Waals surface area contributed by atoms with Gasteiger partial charge in [-0.2, -0.15) is 0 Å². The number of carbonyl (C=O) groups excluding carboxylic acids is 1. The summed E-state index contributed by atoms with van der Waals surface area (Å²) < 4.78 is 0. The highest BCUT2D eigenvalue weighted by molar-refractivity contribution is 5.94. The largest absolute Gasteiger partial charge is 0.332 e. The molecule has 0 saturated carbocycles. The molecule has 1 amide bonds. The summed E-state index contributed by atoms with van der Waals surface area (Å²) in [6.07, 6.45) is 3.38. The minimum absolute atomic E-state index is 0.0497. The summed E-state index contributed by atoms with van der Waals surface area (Å²) in [5.74, 6) is 6.27. The predicted molar refractivity (Wildman–Crippen MR) is 85.8 cm³/mol. The van der Waals surface area contributed by atoms with Gasteiger partial charge in [0.05, 0.1) is 0 Å². The first-order valence-electron chi connectivity index (χ1n) is 7.86. The molecule has 1 heterocycles. The van der Waals surface area contributed by atoms with Crippen molar-refractivity contribution in [2.45, 2.75) is 26.2 Å². The van der Waals surface area contributed by atoms with E-state index < -0.39 is 0 Å². The maximum absolute atomic E-state index is 12.3. The van der Waals surface area contributed by atoms with Gasteiger partial charge in [-0.3, -0.25) is 4.79 Å². The van der Waals surface area contributed by atoms with Crippen LogP contribution in [0.1, 0.15) is 31.7 Å². The number of amides is 1. The van der Waals surface area contributed by atoms with E-state index in [0.717, 1.165) is 38.2 Å². The Hall–Kier alpha value is -1.79. The first-order chi connectivity index (χ1) is 10.3. The Morgan fingerprint density at radius 1 is 1.38 bits per heavy atom. The van der Waals surface area contributed by atoms with Gasteiger partial charge in [0.25, 0.3) is 5.91 Å². The molecule has 1 aromatic carbocycles. The van der Waals surface area contributed by atoms with E-state index in [1.807, 2.05) is 35.2 Å². The van der Waals surface area contributed by atoms with Crippen molar-refractivity contribution in [3.63, 3.8) is 0 Å². The van der Waals surface area contributed by atoms with E-state index in [9.17, 15) is 4.79 Å². The summed E-state index contributed by atoms with van der Waals surface area (Å²) in [6, 6.07) is 9.68. The van der Waals surface area contributed by atoms with E-state index in [-0.39, 0.29) is 5.91 Å². The highest BCUT2D eigenvalue weighted by Gasteiger charge is 2.19. The Labute approximate surface area is 127 Å². The zero-order valence-corrected chi connectivity index (χ0v) is 12.8. The van der Waals surface area contributed by atoms with E-state index in [1.54, 1.807) is 0 Å². The highest BCUT2D eigenvalue weighted by Crippen LogP contribution is 2.12. The predicted octanol–water partition coefficient (Wildman–Crippen LogP) is 2.28. The van der Waals surface area contributed by atoms with Gasteiger partial charge in [-0.1, -0.05) is 31.0 Å². The van der Waals surface area contributed by atoms with Crippen molar-refractivity contribution in [2.24, 2.45) is 5.92 Å². The maximum atomic E-state index is 12.3. The van der Waals surface area contributed by atoms with Crippen LogP contribution in [0.4, 0.5) is 0 Å². The van der Waals surface area contributed by atoms with E-state index in [2.05, 4.69) is 24.1 Å². The van der Waals surface area contributed by atoms with Crippen LogP contribution in [0.2, 0.25) is 0 Å². The molecular weight excluding hydrogens is 260 g/mol. The van der Waals surface area contributed by atoms with Crippen LogP contribution < -0.4 is 5.32 Å². The molecule has 1 unspecified atom stereocenters. The molecule has 0 bridgehead atoms. The van der Waals surface area contributed by atoms with Crippen LogP contribution in [-0.2, 0) is 4.79 Å². The van der Waals surface area contributed by atoms with Crippen LogP contribution in [-0.4, -0.2) is 37.0 Å². The van der Waals surface area contributed by atoms with Crippen molar-refractivity contribution < 1.29 is 4.79 Å². The quantitative estimate of drug-likeness (QED) is 0.860. The lowest BCUT2D eigenvalue weighted by atomic mass is 9.99. The van der Waals surface area contributed by atoms with Gasteiger partial charge in [-0.05, 0) is 50.4 Å². The van der Waals surface area contributed by atoms with Crippen LogP contribution in [0.3, 0.4) is 0 Å². The number of nitrogens with one attached hydrogen (secondary N) is 1. The number of nitrogens with zero attached hydrogens (tertiary/aromatic N) is 1. The van der Waals surface area contributed by atoms with Gasteiger partial charge in [-0.25, -0.2) is 0 Å². The third-order valence-electron chi connectivity index (χ3n) is 3.75. The zero-order valence-electron chi connectivity index (χ0n) is 12.8. The fourth-order valence-corrected chi connectivity index (χ4v) is 2.66. The van der Waals surface area contributed by atoms with Gasteiger partial charge in [0, 0.05) is 24.6 Å². The number of rotatable bonds is 4. The number of benzene rings is 1. The average Bonchev–Trinajstić information content (AvgIpc) is 2.54. The molecule has 0 spiro atoms. The summed E-state index contributed by atoms with van der Waals surface area (Å²) >= 11 is 0. The molecule has 21 heavy (non-hydrogen) atoms. The van der Waals surface area contributed by atoms with E-state index in [1.165, 1.54) is 12.8 Å². The second-order valence-electron chi connectivity index (χ2n) is 5.58. The second kappa shape index (κ2) is 8.49. The smallest absolute Gasteiger partial charge is 0.298 e. The van der Waals surface area contributed by atoms with Crippen molar-refractivity contribution in [1.29, 1.82) is 0 Å². The zero-order chi connectivity index (χ0) is 14.9. The highest BCUT2D eigenvalue weighted by atomic mass is 16.2. The normalized spacial score (nSPS) is 17.7. The molecule has 1 saturated heterocycles. The summed E-state index contributed by atoms with van der Waals surface area (Å²) in [7, 11) is 0. The monoisotopic (exact) mass is 284 g/mol. The minimum atomic E-state index is -0.0497. The fraction of sp³-hybridized carbons (Fsp3) is 0.500. The van der Waals surface area contributed by atoms with Gasteiger partial charge >= 0.3 is 0 Å². The molecule has 3 nitrogen and oxygen atoms in total. The van der Waals surface area contributed by atoms with E-state index >= 15 is 0 Å². The van der Waals surface area contributed by atoms with Gasteiger partial charge in [0.15, 0.2) is 0 Å². The summed E-state index contributed by atoms with van der Waals surface area (Å²) in [5.41, 5.74) is 0.890. The van der Waals surface area contributed by atoms with Gasteiger partial charge < -0.3 is 10.2 Å². The Morgan fingerprint density at radius 2 is 2.19 bits per heavy atom. The van der Waals surface area contributed by atoms with Gasteiger partial charge in [-0.15, -0.1) is 0 Å². The van der Waals surface area contributed by atoms with Crippen molar-refractivity contribution >= 4 is 5.91 Å². The standard InChI is InChI=1S/C18H24N2O/c1-2-13-20(15-17-9-6-12-19-14-17)18(21)11-10-16-7-4-3-5-8-16/h3-5,7-8,17,19H,2,6,9,12-15H2,1H3.